The molecule has 0 saturated carbocycles. The number of methoxy groups -OCH3 is 1. The van der Waals surface area contributed by atoms with E-state index in [4.69, 9.17) is 16.3 Å². The molecule has 0 aliphatic carbocycles. The molecule has 1 aromatic carbocycles. The van der Waals surface area contributed by atoms with Gasteiger partial charge in [-0.25, -0.2) is 18.4 Å². The summed E-state index contributed by atoms with van der Waals surface area (Å²) in [6.07, 6.45) is 3.86. The summed E-state index contributed by atoms with van der Waals surface area (Å²) in [5, 5.41) is 13.3. The van der Waals surface area contributed by atoms with Crippen molar-refractivity contribution in [3.63, 3.8) is 0 Å². The number of carbonyl (C=O) groups is 2. The number of benzene rings is 1. The maximum atomic E-state index is 13.5. The summed E-state index contributed by atoms with van der Waals surface area (Å²) in [6.45, 7) is -0.0870. The summed E-state index contributed by atoms with van der Waals surface area (Å²) in [4.78, 5) is 35.2. The summed E-state index contributed by atoms with van der Waals surface area (Å²) in [5.41, 5.74) is 0.746. The van der Waals surface area contributed by atoms with Crippen molar-refractivity contribution in [1.82, 2.24) is 19.2 Å². The quantitative estimate of drug-likeness (QED) is 0.191. The van der Waals surface area contributed by atoms with Crippen molar-refractivity contribution in [2.45, 2.75) is 16.7 Å². The SMILES string of the molecule is COC(=O)CC1CN(S(=O)(=O)c2cc3ccc(Cl)cc3s2)CCN1C(=O)c1ncc(-c2cccc[n+]2[O-])cn1. The van der Waals surface area contributed by atoms with Crippen molar-refractivity contribution in [3.05, 3.63) is 77.1 Å². The van der Waals surface area contributed by atoms with E-state index in [0.717, 1.165) is 21.4 Å². The number of thiophene rings is 1. The summed E-state index contributed by atoms with van der Waals surface area (Å²) in [6, 6.07) is 10.8. The lowest BCUT2D eigenvalue weighted by molar-refractivity contribution is -0.593. The van der Waals surface area contributed by atoms with E-state index in [-0.39, 0.29) is 36.1 Å². The summed E-state index contributed by atoms with van der Waals surface area (Å²) in [5.74, 6) is -1.29. The molecule has 0 bridgehead atoms. The largest absolute Gasteiger partial charge is 0.618 e. The minimum atomic E-state index is -3.91. The van der Waals surface area contributed by atoms with E-state index < -0.39 is 27.9 Å². The fraction of sp³-hybridized carbons (Fsp3) is 0.240. The maximum absolute atomic E-state index is 13.5. The van der Waals surface area contributed by atoms with E-state index in [2.05, 4.69) is 9.97 Å². The number of aromatic nitrogens is 3. The topological polar surface area (TPSA) is 137 Å². The maximum Gasteiger partial charge on any atom is 0.307 e. The zero-order valence-electron chi connectivity index (χ0n) is 20.6. The van der Waals surface area contributed by atoms with E-state index in [9.17, 15) is 23.2 Å². The number of amides is 1. The van der Waals surface area contributed by atoms with Gasteiger partial charge in [-0.05, 0) is 29.7 Å². The molecule has 11 nitrogen and oxygen atoms in total. The lowest BCUT2D eigenvalue weighted by atomic mass is 10.1. The van der Waals surface area contributed by atoms with Gasteiger partial charge in [0, 0.05) is 53.9 Å². The Hall–Kier alpha value is -3.65. The Balaban J connectivity index is 1.39. The summed E-state index contributed by atoms with van der Waals surface area (Å²) >= 11 is 7.16. The molecule has 1 aliphatic rings. The van der Waals surface area contributed by atoms with Crippen LogP contribution in [-0.2, 0) is 19.6 Å². The first kappa shape index (κ1) is 26.9. The highest BCUT2D eigenvalue weighted by Gasteiger charge is 2.39. The molecule has 3 aromatic heterocycles. The van der Waals surface area contributed by atoms with Crippen LogP contribution in [0.1, 0.15) is 17.0 Å². The molecule has 0 N–H and O–H groups in total. The van der Waals surface area contributed by atoms with Gasteiger partial charge < -0.3 is 14.8 Å². The van der Waals surface area contributed by atoms with Crippen LogP contribution in [0.15, 0.2) is 65.3 Å². The molecule has 202 valence electrons. The second kappa shape index (κ2) is 10.8. The number of nitrogens with zero attached hydrogens (tertiary/aromatic N) is 5. The third-order valence-corrected chi connectivity index (χ3v) is 10.0. The molecule has 1 atom stereocenters. The number of sulfonamides is 1. The van der Waals surface area contributed by atoms with Gasteiger partial charge in [-0.1, -0.05) is 17.7 Å². The average molecular weight is 588 g/mol. The first-order valence-corrected chi connectivity index (χ1v) is 14.4. The predicted molar refractivity (Wildman–Crippen MR) is 143 cm³/mol. The summed E-state index contributed by atoms with van der Waals surface area (Å²) < 4.78 is 34.7. The Kier molecular flexibility index (Phi) is 7.49. The van der Waals surface area contributed by atoms with Crippen LogP contribution in [0.4, 0.5) is 0 Å². The number of piperazine rings is 1. The van der Waals surface area contributed by atoms with Crippen LogP contribution >= 0.6 is 22.9 Å². The molecule has 1 unspecified atom stereocenters. The van der Waals surface area contributed by atoms with Crippen LogP contribution in [0.5, 0.6) is 0 Å². The van der Waals surface area contributed by atoms with Gasteiger partial charge in [0.15, 0.2) is 6.20 Å². The number of rotatable bonds is 6. The predicted octanol–water partition coefficient (Wildman–Crippen LogP) is 2.72. The molecule has 1 fully saturated rings. The van der Waals surface area contributed by atoms with E-state index in [1.165, 1.54) is 34.9 Å². The number of hydrogen-bond acceptors (Lipinski definition) is 9. The second-order valence-electron chi connectivity index (χ2n) is 8.75. The number of hydrogen-bond donors (Lipinski definition) is 0. The van der Waals surface area contributed by atoms with Crippen LogP contribution in [-0.4, -0.2) is 72.3 Å². The molecule has 0 spiro atoms. The molecule has 14 heteroatoms. The number of pyridine rings is 1. The Bertz CT molecular complexity index is 1660. The normalized spacial score (nSPS) is 16.4. The van der Waals surface area contributed by atoms with Crippen molar-refractivity contribution in [2.24, 2.45) is 0 Å². The van der Waals surface area contributed by atoms with Crippen LogP contribution < -0.4 is 4.73 Å². The van der Waals surface area contributed by atoms with Crippen LogP contribution in [0.3, 0.4) is 0 Å². The highest BCUT2D eigenvalue weighted by atomic mass is 35.5. The van der Waals surface area contributed by atoms with E-state index >= 15 is 0 Å². The van der Waals surface area contributed by atoms with E-state index in [0.29, 0.717) is 21.0 Å². The molecule has 1 amide bonds. The van der Waals surface area contributed by atoms with E-state index in [1.54, 1.807) is 42.5 Å². The Morgan fingerprint density at radius 2 is 1.95 bits per heavy atom. The van der Waals surface area contributed by atoms with Gasteiger partial charge >= 0.3 is 5.97 Å². The average Bonchev–Trinajstić information content (AvgIpc) is 3.37. The number of halogens is 1. The third kappa shape index (κ3) is 5.43. The highest BCUT2D eigenvalue weighted by molar-refractivity contribution is 7.91. The fourth-order valence-electron chi connectivity index (χ4n) is 4.35. The lowest BCUT2D eigenvalue weighted by Crippen LogP contribution is -2.57. The zero-order chi connectivity index (χ0) is 27.7. The molecule has 4 heterocycles. The Morgan fingerprint density at radius 3 is 2.67 bits per heavy atom. The monoisotopic (exact) mass is 587 g/mol. The number of fused-ring (bicyclic) bond motifs is 1. The molecule has 4 aromatic rings. The lowest BCUT2D eigenvalue weighted by Gasteiger charge is -2.39. The minimum Gasteiger partial charge on any atom is -0.618 e. The van der Waals surface area contributed by atoms with Crippen molar-refractivity contribution < 1.29 is 27.5 Å². The number of ether oxygens (including phenoxy) is 1. The van der Waals surface area contributed by atoms with Crippen LogP contribution in [0.2, 0.25) is 5.02 Å². The molecule has 39 heavy (non-hydrogen) atoms. The van der Waals surface area contributed by atoms with Crippen molar-refractivity contribution >= 4 is 54.9 Å². The van der Waals surface area contributed by atoms with Gasteiger partial charge in [0.2, 0.25) is 11.5 Å². The van der Waals surface area contributed by atoms with E-state index in [1.807, 2.05) is 0 Å². The second-order valence-corrected chi connectivity index (χ2v) is 12.4. The first-order valence-electron chi connectivity index (χ1n) is 11.7. The molecule has 1 aliphatic heterocycles. The van der Waals surface area contributed by atoms with Gasteiger partial charge in [0.1, 0.15) is 4.21 Å². The molecule has 5 rings (SSSR count). The zero-order valence-corrected chi connectivity index (χ0v) is 22.9. The fourth-order valence-corrected chi connectivity index (χ4v) is 7.65. The van der Waals surface area contributed by atoms with Gasteiger partial charge in [0.25, 0.3) is 15.9 Å². The number of carbonyl (C=O) groups excluding carboxylic acids is 2. The van der Waals surface area contributed by atoms with Gasteiger partial charge in [-0.15, -0.1) is 11.3 Å². The van der Waals surface area contributed by atoms with Gasteiger partial charge in [-0.2, -0.15) is 9.04 Å². The van der Waals surface area contributed by atoms with Crippen LogP contribution in [0, 0.1) is 5.21 Å². The third-order valence-electron chi connectivity index (χ3n) is 6.35. The van der Waals surface area contributed by atoms with Crippen molar-refractivity contribution in [1.29, 1.82) is 0 Å². The minimum absolute atomic E-state index is 0.0129. The van der Waals surface area contributed by atoms with Crippen molar-refractivity contribution in [2.75, 3.05) is 26.7 Å². The highest BCUT2D eigenvalue weighted by Crippen LogP contribution is 2.33. The molecule has 0 radical (unpaired) electrons. The van der Waals surface area contributed by atoms with Crippen molar-refractivity contribution in [3.8, 4) is 11.3 Å². The Labute approximate surface area is 232 Å². The van der Waals surface area contributed by atoms with Gasteiger partial charge in [-0.3, -0.25) is 9.59 Å². The number of esters is 1. The summed E-state index contributed by atoms with van der Waals surface area (Å²) in [7, 11) is -2.69. The van der Waals surface area contributed by atoms with Crippen LogP contribution in [0.25, 0.3) is 21.3 Å². The smallest absolute Gasteiger partial charge is 0.307 e. The molecule has 1 saturated heterocycles. The molecular weight excluding hydrogens is 566 g/mol. The standard InChI is InChI=1S/C25H22ClN5O6S2/c1-37-22(32)12-19-15-29(39(35,36)23-10-16-5-6-18(26)11-21(16)38-23)8-9-30(19)25(33)24-27-13-17(14-28-24)20-4-2-3-7-31(20)34/h2-7,10-11,13-14,19H,8-9,12,15H2,1H3. The Morgan fingerprint density at radius 1 is 1.18 bits per heavy atom. The van der Waals surface area contributed by atoms with Gasteiger partial charge in [0.05, 0.1) is 25.1 Å². The molecular formula is C25H22ClN5O6S2. The first-order chi connectivity index (χ1) is 18.7.